The van der Waals surface area contributed by atoms with Crippen LogP contribution in [0.4, 0.5) is 0 Å². The van der Waals surface area contributed by atoms with Gasteiger partial charge in [0, 0.05) is 12.6 Å². The van der Waals surface area contributed by atoms with Gasteiger partial charge in [0.1, 0.15) is 0 Å². The van der Waals surface area contributed by atoms with Crippen LogP contribution in [0.2, 0.25) is 0 Å². The number of carbonyl (C=O) groups excluding carboxylic acids is 3. The Hall–Kier alpha value is -1.89. The molecule has 7 heteroatoms. The van der Waals surface area contributed by atoms with Crippen molar-refractivity contribution < 1.29 is 19.1 Å². The van der Waals surface area contributed by atoms with Gasteiger partial charge >= 0.3 is 5.97 Å². The second kappa shape index (κ2) is 19.8. The van der Waals surface area contributed by atoms with Gasteiger partial charge in [-0.1, -0.05) is 54.0 Å². The fourth-order valence-corrected chi connectivity index (χ4v) is 3.02. The summed E-state index contributed by atoms with van der Waals surface area (Å²) in [6, 6.07) is -0.236. The Bertz CT molecular complexity index is 539. The van der Waals surface area contributed by atoms with Crippen molar-refractivity contribution in [2.75, 3.05) is 39.8 Å². The number of amides is 2. The monoisotopic (exact) mass is 455 g/mol. The Morgan fingerprint density at radius 3 is 1.97 bits per heavy atom. The number of likely N-dealkylation sites (N-methyl/N-ethyl adjacent to an activating group) is 1. The third kappa shape index (κ3) is 16.8. The third-order valence-electron chi connectivity index (χ3n) is 4.77. The van der Waals surface area contributed by atoms with E-state index in [9.17, 15) is 14.4 Å². The zero-order valence-electron chi connectivity index (χ0n) is 22.1. The smallest absolute Gasteiger partial charge is 0.333 e. The van der Waals surface area contributed by atoms with Crippen molar-refractivity contribution in [3.63, 3.8) is 0 Å². The Labute approximate surface area is 196 Å². The number of nitrogens with one attached hydrogen (secondary N) is 1. The van der Waals surface area contributed by atoms with E-state index in [1.165, 1.54) is 43.8 Å². The molecule has 32 heavy (non-hydrogen) atoms. The highest BCUT2D eigenvalue weighted by molar-refractivity contribution is 5.88. The van der Waals surface area contributed by atoms with Gasteiger partial charge in [-0.05, 0) is 58.2 Å². The van der Waals surface area contributed by atoms with Crippen molar-refractivity contribution in [1.29, 1.82) is 0 Å². The van der Waals surface area contributed by atoms with Crippen molar-refractivity contribution in [2.24, 2.45) is 11.8 Å². The van der Waals surface area contributed by atoms with E-state index in [4.69, 9.17) is 4.74 Å². The number of esters is 1. The van der Waals surface area contributed by atoms with Gasteiger partial charge in [0.15, 0.2) is 0 Å². The van der Waals surface area contributed by atoms with Gasteiger partial charge in [-0.25, -0.2) is 4.79 Å². The summed E-state index contributed by atoms with van der Waals surface area (Å²) in [7, 11) is 1.65. The summed E-state index contributed by atoms with van der Waals surface area (Å²) in [5.41, 5.74) is 0.466. The van der Waals surface area contributed by atoms with Gasteiger partial charge in [0.25, 0.3) is 0 Å². The number of nitrogens with zero attached hydrogens (tertiary/aromatic N) is 2. The standard InChI is InChI=1S/C14H24N2O4.C7H15N.C4H10/c1-6-20-14(19)11(4)7-12(10(2)3)16(5)13(18)8-15-9-17;1-2-8-6-4-3-5-7-8;1-4(2)3/h7,9-10,12H,6,8H2,1-5H3,(H,15,17);2-7H2,1H3;4H,1-3H3/b11-7+;;. The lowest BCUT2D eigenvalue weighted by Crippen LogP contribution is -2.43. The van der Waals surface area contributed by atoms with E-state index in [-0.39, 0.29) is 30.4 Å². The first kappa shape index (κ1) is 32.3. The summed E-state index contributed by atoms with van der Waals surface area (Å²) in [4.78, 5) is 37.8. The molecule has 1 fully saturated rings. The van der Waals surface area contributed by atoms with E-state index < -0.39 is 0 Å². The van der Waals surface area contributed by atoms with Crippen LogP contribution in [0, 0.1) is 11.8 Å². The Morgan fingerprint density at radius 2 is 1.59 bits per heavy atom. The van der Waals surface area contributed by atoms with Crippen LogP contribution in [0.1, 0.15) is 74.7 Å². The van der Waals surface area contributed by atoms with Crippen molar-refractivity contribution in [2.45, 2.75) is 80.7 Å². The molecule has 1 aliphatic heterocycles. The molecule has 0 aromatic heterocycles. The number of carbonyl (C=O) groups is 3. The molecule has 1 rings (SSSR count). The zero-order chi connectivity index (χ0) is 25.1. The lowest BCUT2D eigenvalue weighted by molar-refractivity contribution is -0.138. The number of hydrogen-bond donors (Lipinski definition) is 1. The topological polar surface area (TPSA) is 79.0 Å². The van der Waals surface area contributed by atoms with E-state index >= 15 is 0 Å². The molecule has 188 valence electrons. The summed E-state index contributed by atoms with van der Waals surface area (Å²) in [5.74, 6) is 0.360. The molecule has 0 saturated carbocycles. The van der Waals surface area contributed by atoms with E-state index in [1.54, 1.807) is 27.0 Å². The van der Waals surface area contributed by atoms with Crippen LogP contribution in [-0.4, -0.2) is 74.0 Å². The average Bonchev–Trinajstić information content (AvgIpc) is 2.75. The minimum absolute atomic E-state index is 0.0600. The highest BCUT2D eigenvalue weighted by Gasteiger charge is 2.22. The van der Waals surface area contributed by atoms with E-state index in [2.05, 4.69) is 37.9 Å². The van der Waals surface area contributed by atoms with Gasteiger partial charge in [0.2, 0.25) is 12.3 Å². The van der Waals surface area contributed by atoms with Crippen LogP contribution in [0.25, 0.3) is 0 Å². The van der Waals surface area contributed by atoms with E-state index in [0.717, 1.165) is 5.92 Å². The second-order valence-electron chi connectivity index (χ2n) is 9.04. The highest BCUT2D eigenvalue weighted by Crippen LogP contribution is 2.14. The van der Waals surface area contributed by atoms with Crippen molar-refractivity contribution in [3.8, 4) is 0 Å². The molecule has 1 heterocycles. The minimum atomic E-state index is -0.384. The zero-order valence-corrected chi connectivity index (χ0v) is 22.1. The molecule has 0 spiro atoms. The molecular formula is C25H49N3O4. The Balaban J connectivity index is 0. The number of hydrogen-bond acceptors (Lipinski definition) is 5. The van der Waals surface area contributed by atoms with E-state index in [0.29, 0.717) is 18.6 Å². The molecule has 0 aromatic rings. The van der Waals surface area contributed by atoms with Crippen molar-refractivity contribution in [3.05, 3.63) is 11.6 Å². The number of piperidine rings is 1. The first-order valence-electron chi connectivity index (χ1n) is 12.0. The van der Waals surface area contributed by atoms with Crippen molar-refractivity contribution >= 4 is 18.3 Å². The van der Waals surface area contributed by atoms with Crippen LogP contribution < -0.4 is 5.32 Å². The van der Waals surface area contributed by atoms with Crippen LogP contribution in [-0.2, 0) is 19.1 Å². The highest BCUT2D eigenvalue weighted by atomic mass is 16.5. The fourth-order valence-electron chi connectivity index (χ4n) is 3.02. The van der Waals surface area contributed by atoms with Crippen LogP contribution in [0.3, 0.4) is 0 Å². The third-order valence-corrected chi connectivity index (χ3v) is 4.77. The molecule has 7 nitrogen and oxygen atoms in total. The molecule has 0 bridgehead atoms. The van der Waals surface area contributed by atoms with Gasteiger partial charge in [0.05, 0.1) is 19.2 Å². The molecular weight excluding hydrogens is 406 g/mol. The summed E-state index contributed by atoms with van der Waals surface area (Å²) in [6.45, 7) is 20.2. The van der Waals surface area contributed by atoms with Gasteiger partial charge in [-0.2, -0.15) is 0 Å². The maximum atomic E-state index is 11.9. The van der Waals surface area contributed by atoms with Gasteiger partial charge in [-0.3, -0.25) is 9.59 Å². The maximum Gasteiger partial charge on any atom is 0.333 e. The van der Waals surface area contributed by atoms with Crippen molar-refractivity contribution in [1.82, 2.24) is 15.1 Å². The molecule has 1 unspecified atom stereocenters. The summed E-state index contributed by atoms with van der Waals surface area (Å²) >= 11 is 0. The summed E-state index contributed by atoms with van der Waals surface area (Å²) in [5, 5.41) is 2.34. The molecule has 1 aliphatic rings. The maximum absolute atomic E-state index is 11.9. The molecule has 0 aromatic carbocycles. The van der Waals surface area contributed by atoms with Gasteiger partial charge in [-0.15, -0.1) is 0 Å². The molecule has 2 amide bonds. The summed E-state index contributed by atoms with van der Waals surface area (Å²) in [6.07, 6.45) is 6.51. The Kier molecular flexibility index (Phi) is 19.9. The predicted octanol–water partition coefficient (Wildman–Crippen LogP) is 3.88. The minimum Gasteiger partial charge on any atom is -0.463 e. The van der Waals surface area contributed by atoms with Crippen LogP contribution >= 0.6 is 0 Å². The summed E-state index contributed by atoms with van der Waals surface area (Å²) < 4.78 is 4.92. The fraction of sp³-hybridized carbons (Fsp3) is 0.800. The number of ether oxygens (including phenoxy) is 1. The number of likely N-dealkylation sites (tertiary alicyclic amines) is 1. The first-order valence-corrected chi connectivity index (χ1v) is 12.0. The molecule has 1 N–H and O–H groups in total. The number of rotatable bonds is 9. The average molecular weight is 456 g/mol. The van der Waals surface area contributed by atoms with Gasteiger partial charge < -0.3 is 19.9 Å². The molecule has 0 radical (unpaired) electrons. The molecule has 1 saturated heterocycles. The molecule has 0 aliphatic carbocycles. The lowest BCUT2D eigenvalue weighted by atomic mass is 10.00. The first-order chi connectivity index (χ1) is 15.0. The largest absolute Gasteiger partial charge is 0.463 e. The Morgan fingerprint density at radius 1 is 1.06 bits per heavy atom. The normalized spacial score (nSPS) is 15.0. The quantitative estimate of drug-likeness (QED) is 0.324. The van der Waals surface area contributed by atoms with E-state index in [1.807, 2.05) is 13.8 Å². The second-order valence-corrected chi connectivity index (χ2v) is 9.04. The van der Waals surface area contributed by atoms with Crippen LogP contribution in [0.5, 0.6) is 0 Å². The predicted molar refractivity (Wildman–Crippen MR) is 132 cm³/mol. The lowest BCUT2D eigenvalue weighted by Gasteiger charge is -2.29. The SMILES string of the molecule is CC(C)C.CCN1CCCCC1.CCOC(=O)/C(C)=C/C(C(C)C)N(C)C(=O)CNC=O. The van der Waals surface area contributed by atoms with Crippen LogP contribution in [0.15, 0.2) is 11.6 Å². The molecule has 1 atom stereocenters.